The van der Waals surface area contributed by atoms with Crippen LogP contribution >= 0.6 is 0 Å². The van der Waals surface area contributed by atoms with Gasteiger partial charge in [0.25, 0.3) is 0 Å². The second-order valence-corrected chi connectivity index (χ2v) is 2.45. The van der Waals surface area contributed by atoms with Crippen molar-refractivity contribution in [3.63, 3.8) is 0 Å². The first-order chi connectivity index (χ1) is 5.24. The molecule has 3 nitrogen and oxygen atoms in total. The molecule has 0 saturated heterocycles. The molecule has 0 spiro atoms. The van der Waals surface area contributed by atoms with Crippen molar-refractivity contribution in [3.8, 4) is 0 Å². The van der Waals surface area contributed by atoms with Gasteiger partial charge < -0.3 is 5.73 Å². The van der Waals surface area contributed by atoms with Crippen molar-refractivity contribution >= 4 is 5.69 Å². The number of nitrogen functional groups attached to an aromatic ring is 1. The third-order valence-corrected chi connectivity index (χ3v) is 1.55. The Morgan fingerprint density at radius 3 is 2.82 bits per heavy atom. The quantitative estimate of drug-likeness (QED) is 0.518. The minimum atomic E-state index is -0.307. The van der Waals surface area contributed by atoms with Gasteiger partial charge >= 0.3 is 0 Å². The molecule has 1 atom stereocenters. The Morgan fingerprint density at radius 2 is 2.27 bits per heavy atom. The molecule has 0 amide bonds. The van der Waals surface area contributed by atoms with E-state index in [1.165, 1.54) is 0 Å². The summed E-state index contributed by atoms with van der Waals surface area (Å²) in [6.45, 7) is 1.74. The molecule has 1 aromatic rings. The fraction of sp³-hybridized carbons (Fsp3) is 0.250. The summed E-state index contributed by atoms with van der Waals surface area (Å²) in [4.78, 5) is 10.1. The predicted molar refractivity (Wildman–Crippen MR) is 45.1 cm³/mol. The standard InChI is InChI=1S/C8H10N2O/c1-6(10-11)7-3-2-4-8(9)5-7/h2-6H,9H2,1H3. The third-order valence-electron chi connectivity index (χ3n) is 1.55. The van der Waals surface area contributed by atoms with Gasteiger partial charge in [0, 0.05) is 5.69 Å². The first-order valence-corrected chi connectivity index (χ1v) is 3.42. The summed E-state index contributed by atoms with van der Waals surface area (Å²) in [6, 6.07) is 6.88. The fourth-order valence-electron chi connectivity index (χ4n) is 0.880. The van der Waals surface area contributed by atoms with Gasteiger partial charge in [-0.2, -0.15) is 4.91 Å². The smallest absolute Gasteiger partial charge is 0.114 e. The molecular formula is C8H10N2O. The average Bonchev–Trinajstić information content (AvgIpc) is 2.03. The van der Waals surface area contributed by atoms with E-state index in [-0.39, 0.29) is 6.04 Å². The third kappa shape index (κ3) is 1.77. The van der Waals surface area contributed by atoms with Gasteiger partial charge in [0.1, 0.15) is 6.04 Å². The summed E-state index contributed by atoms with van der Waals surface area (Å²) < 4.78 is 0. The number of hydrogen-bond donors (Lipinski definition) is 1. The zero-order valence-electron chi connectivity index (χ0n) is 6.32. The molecule has 0 aliphatic heterocycles. The summed E-state index contributed by atoms with van der Waals surface area (Å²) >= 11 is 0. The highest BCUT2D eigenvalue weighted by Crippen LogP contribution is 2.17. The van der Waals surface area contributed by atoms with Crippen molar-refractivity contribution < 1.29 is 0 Å². The number of benzene rings is 1. The number of nitroso groups, excluding NO2 is 1. The lowest BCUT2D eigenvalue weighted by atomic mass is 10.1. The molecule has 11 heavy (non-hydrogen) atoms. The van der Waals surface area contributed by atoms with Crippen LogP contribution in [0.1, 0.15) is 18.5 Å². The van der Waals surface area contributed by atoms with Crippen molar-refractivity contribution in [3.05, 3.63) is 34.7 Å². The number of anilines is 1. The van der Waals surface area contributed by atoms with Crippen LogP contribution in [0, 0.1) is 4.91 Å². The second kappa shape index (κ2) is 3.14. The van der Waals surface area contributed by atoms with Gasteiger partial charge in [0.15, 0.2) is 0 Å². The van der Waals surface area contributed by atoms with E-state index in [1.807, 2.05) is 12.1 Å². The molecule has 0 saturated carbocycles. The van der Waals surface area contributed by atoms with Crippen molar-refractivity contribution in [1.82, 2.24) is 0 Å². The molecule has 1 aromatic carbocycles. The van der Waals surface area contributed by atoms with Gasteiger partial charge in [-0.15, -0.1) is 0 Å². The van der Waals surface area contributed by atoms with Gasteiger partial charge in [-0.25, -0.2) is 0 Å². The highest BCUT2D eigenvalue weighted by Gasteiger charge is 2.03. The largest absolute Gasteiger partial charge is 0.399 e. The zero-order chi connectivity index (χ0) is 8.27. The van der Waals surface area contributed by atoms with Crippen LogP contribution in [0.4, 0.5) is 5.69 Å². The number of nitrogens with two attached hydrogens (primary N) is 1. The number of rotatable bonds is 2. The van der Waals surface area contributed by atoms with Gasteiger partial charge in [0.2, 0.25) is 0 Å². The first kappa shape index (κ1) is 7.72. The normalized spacial score (nSPS) is 12.5. The number of nitrogens with zero attached hydrogens (tertiary/aromatic N) is 1. The first-order valence-electron chi connectivity index (χ1n) is 3.42. The Labute approximate surface area is 65.2 Å². The topological polar surface area (TPSA) is 55.5 Å². The molecular weight excluding hydrogens is 140 g/mol. The maximum absolute atomic E-state index is 10.1. The molecule has 0 aliphatic carbocycles. The van der Waals surface area contributed by atoms with E-state index < -0.39 is 0 Å². The predicted octanol–water partition coefficient (Wildman–Crippen LogP) is 2.10. The maximum Gasteiger partial charge on any atom is 0.114 e. The Bertz CT molecular complexity index is 260. The van der Waals surface area contributed by atoms with E-state index in [4.69, 9.17) is 5.73 Å². The van der Waals surface area contributed by atoms with Crippen LogP contribution in [0.15, 0.2) is 29.4 Å². The monoisotopic (exact) mass is 150 g/mol. The maximum atomic E-state index is 10.1. The average molecular weight is 150 g/mol. The summed E-state index contributed by atoms with van der Waals surface area (Å²) in [7, 11) is 0. The van der Waals surface area contributed by atoms with Crippen LogP contribution in [0.2, 0.25) is 0 Å². The molecule has 0 heterocycles. The highest BCUT2D eigenvalue weighted by atomic mass is 16.3. The summed E-state index contributed by atoms with van der Waals surface area (Å²) in [6.07, 6.45) is 0. The summed E-state index contributed by atoms with van der Waals surface area (Å²) in [5.41, 5.74) is 7.03. The van der Waals surface area contributed by atoms with Gasteiger partial charge in [-0.3, -0.25) is 0 Å². The summed E-state index contributed by atoms with van der Waals surface area (Å²) in [5, 5.41) is 2.89. The van der Waals surface area contributed by atoms with Crippen LogP contribution < -0.4 is 5.73 Å². The molecule has 0 bridgehead atoms. The highest BCUT2D eigenvalue weighted by molar-refractivity contribution is 5.41. The van der Waals surface area contributed by atoms with Crippen LogP contribution in [0.5, 0.6) is 0 Å². The molecule has 2 N–H and O–H groups in total. The van der Waals surface area contributed by atoms with Gasteiger partial charge in [0.05, 0.1) is 0 Å². The second-order valence-electron chi connectivity index (χ2n) is 2.45. The Hall–Kier alpha value is -1.38. The molecule has 3 heteroatoms. The van der Waals surface area contributed by atoms with Crippen molar-refractivity contribution in [2.75, 3.05) is 5.73 Å². The lowest BCUT2D eigenvalue weighted by Gasteiger charge is -2.02. The van der Waals surface area contributed by atoms with E-state index in [9.17, 15) is 4.91 Å². The Balaban J connectivity index is 2.95. The molecule has 0 aliphatic rings. The summed E-state index contributed by atoms with van der Waals surface area (Å²) in [5.74, 6) is 0. The van der Waals surface area contributed by atoms with E-state index >= 15 is 0 Å². The Morgan fingerprint density at radius 1 is 1.55 bits per heavy atom. The zero-order valence-corrected chi connectivity index (χ0v) is 6.32. The molecule has 0 aromatic heterocycles. The lowest BCUT2D eigenvalue weighted by molar-refractivity contribution is 0.812. The molecule has 1 unspecified atom stereocenters. The van der Waals surface area contributed by atoms with E-state index in [0.29, 0.717) is 5.69 Å². The van der Waals surface area contributed by atoms with Gasteiger partial charge in [-0.1, -0.05) is 17.3 Å². The Kier molecular flexibility index (Phi) is 2.21. The SMILES string of the molecule is CC(N=O)c1cccc(N)c1. The minimum Gasteiger partial charge on any atom is -0.399 e. The fourth-order valence-corrected chi connectivity index (χ4v) is 0.880. The van der Waals surface area contributed by atoms with Crippen molar-refractivity contribution in [1.29, 1.82) is 0 Å². The van der Waals surface area contributed by atoms with Gasteiger partial charge in [-0.05, 0) is 24.6 Å². The van der Waals surface area contributed by atoms with Crippen LogP contribution in [0.25, 0.3) is 0 Å². The van der Waals surface area contributed by atoms with E-state index in [0.717, 1.165) is 5.56 Å². The number of hydrogen-bond acceptors (Lipinski definition) is 3. The van der Waals surface area contributed by atoms with Crippen LogP contribution in [-0.2, 0) is 0 Å². The van der Waals surface area contributed by atoms with Crippen molar-refractivity contribution in [2.45, 2.75) is 13.0 Å². The molecule has 0 radical (unpaired) electrons. The van der Waals surface area contributed by atoms with Crippen molar-refractivity contribution in [2.24, 2.45) is 5.18 Å². The van der Waals surface area contributed by atoms with E-state index in [2.05, 4.69) is 5.18 Å². The minimum absolute atomic E-state index is 0.307. The lowest BCUT2D eigenvalue weighted by Crippen LogP contribution is -1.90. The molecule has 1 rings (SSSR count). The molecule has 0 fully saturated rings. The van der Waals surface area contributed by atoms with Crippen LogP contribution in [-0.4, -0.2) is 0 Å². The van der Waals surface area contributed by atoms with E-state index in [1.54, 1.807) is 19.1 Å². The van der Waals surface area contributed by atoms with Crippen LogP contribution in [0.3, 0.4) is 0 Å². The molecule has 58 valence electrons.